The third kappa shape index (κ3) is 27.1. The van der Waals surface area contributed by atoms with E-state index in [4.69, 9.17) is 22.9 Å². The Hall–Kier alpha value is -11.1. The zero-order chi connectivity index (χ0) is 74.5. The number of carbonyl (C=O) groups is 13. The van der Waals surface area contributed by atoms with Gasteiger partial charge in [-0.1, -0.05) is 26.0 Å². The van der Waals surface area contributed by atoms with E-state index in [-0.39, 0.29) is 56.8 Å². The number of H-pyrrole nitrogens is 3. The molecule has 0 aliphatic rings. The van der Waals surface area contributed by atoms with Crippen molar-refractivity contribution in [3.63, 3.8) is 0 Å². The lowest BCUT2D eigenvalue weighted by molar-refractivity contribution is -0.145. The summed E-state index contributed by atoms with van der Waals surface area (Å²) in [5.41, 5.74) is 23.1. The number of carboxylic acid groups (broad SMARTS) is 1. The Kier molecular flexibility index (Phi) is 32.5. The fourth-order valence-electron chi connectivity index (χ4n) is 9.62. The molecule has 3 aromatic heterocycles. The summed E-state index contributed by atoms with van der Waals surface area (Å²) in [4.78, 5) is 201. The van der Waals surface area contributed by atoms with Crippen LogP contribution in [-0.4, -0.2) is 236 Å². The third-order valence-electron chi connectivity index (χ3n) is 15.1. The van der Waals surface area contributed by atoms with Crippen LogP contribution < -0.4 is 81.4 Å². The number of nitrogens with one attached hydrogen (secondary N) is 14. The van der Waals surface area contributed by atoms with E-state index in [2.05, 4.69) is 88.1 Å². The molecule has 27 N–H and O–H groups in total. The van der Waals surface area contributed by atoms with Crippen LogP contribution in [0.5, 0.6) is 5.75 Å². The van der Waals surface area contributed by atoms with Crippen molar-refractivity contribution in [2.75, 3.05) is 13.1 Å². The van der Waals surface area contributed by atoms with Crippen LogP contribution >= 0.6 is 0 Å². The van der Waals surface area contributed by atoms with Crippen molar-refractivity contribution in [1.82, 2.24) is 88.4 Å². The van der Waals surface area contributed by atoms with Crippen molar-refractivity contribution in [2.45, 2.75) is 178 Å². The number of aliphatic hydroxyl groups is 3. The lowest BCUT2D eigenvalue weighted by Gasteiger charge is -2.29. The van der Waals surface area contributed by atoms with Crippen molar-refractivity contribution in [3.05, 3.63) is 84.5 Å². The largest absolute Gasteiger partial charge is 0.508 e. The molecule has 4 rings (SSSR count). The Bertz CT molecular complexity index is 3420. The summed E-state index contributed by atoms with van der Waals surface area (Å²) < 4.78 is 0. The summed E-state index contributed by atoms with van der Waals surface area (Å²) in [6, 6.07) is -12.5. The predicted octanol–water partition coefficient (Wildman–Crippen LogP) is -8.65. The molecule has 0 bridgehead atoms. The number of aromatic amines is 3. The molecule has 0 unspecified atom stereocenters. The molecule has 40 heteroatoms. The Labute approximate surface area is 572 Å². The zero-order valence-corrected chi connectivity index (χ0v) is 55.6. The molecule has 0 fully saturated rings. The maximum absolute atomic E-state index is 14.8. The highest BCUT2D eigenvalue weighted by atomic mass is 16.4. The van der Waals surface area contributed by atoms with E-state index in [1.54, 1.807) is 0 Å². The first-order valence-electron chi connectivity index (χ1n) is 31.5. The molecule has 3 heterocycles. The lowest BCUT2D eigenvalue weighted by atomic mass is 10.0. The summed E-state index contributed by atoms with van der Waals surface area (Å²) in [5.74, 6) is -15.0. The number of phenolic OH excluding ortho intramolecular Hbond substituents is 1. The van der Waals surface area contributed by atoms with Gasteiger partial charge in [-0.3, -0.25) is 62.5 Å². The lowest BCUT2D eigenvalue weighted by Crippen LogP contribution is -2.62. The van der Waals surface area contributed by atoms with Gasteiger partial charge in [0.05, 0.1) is 43.8 Å². The standard InChI is InChI=1S/C60H90N22O18/c1-27(2)45(56(96)74-37(8-7-15-68-60(63)64)50(90)80-46(29(4)83)57(97)75-38(13-14-43(62)87)51(91)82-48(31(6)85)59(99)100)79-49(89)28(3)72-52(92)41(18-34-22-66-25-70-34)77-53(93)39(16-32-9-11-36(86)12-10-32)76-54(94)42(19-35-23-67-26-71-35)78-58(98)47(30(5)84)81-55(95)40(73-44(88)20-61)17-33-21-65-24-69-33/h9-12,21-31,37-42,45-48,83-86H,7-8,13-20,61H2,1-6H3,(H2,62,87)(H,65,69)(H,66,70)(H,67,71)(H,72,92)(H,73,88)(H,74,96)(H,75,97)(H,76,94)(H,77,93)(H,78,98)(H,79,89)(H,80,90)(H,81,95)(H,82,91)(H,99,100)(H4,63,64,68)/t28-,29+,30+,31+,37-,38-,39-,40-,41-,42-,45-,46-,47-,48-/m0/s1. The Morgan fingerprint density at radius 3 is 1.23 bits per heavy atom. The van der Waals surface area contributed by atoms with Crippen LogP contribution in [0.4, 0.5) is 0 Å². The molecule has 0 radical (unpaired) electrons. The van der Waals surface area contributed by atoms with E-state index in [9.17, 15) is 87.9 Å². The van der Waals surface area contributed by atoms with Crippen molar-refractivity contribution in [2.24, 2.45) is 33.8 Å². The van der Waals surface area contributed by atoms with Gasteiger partial charge in [0.1, 0.15) is 66.2 Å². The van der Waals surface area contributed by atoms with Gasteiger partial charge in [-0.25, -0.2) is 19.7 Å². The van der Waals surface area contributed by atoms with Crippen LogP contribution in [0, 0.1) is 5.92 Å². The molecule has 40 nitrogen and oxygen atoms in total. The van der Waals surface area contributed by atoms with Crippen LogP contribution in [0.25, 0.3) is 0 Å². The van der Waals surface area contributed by atoms with Gasteiger partial charge in [-0.2, -0.15) is 0 Å². The fourth-order valence-corrected chi connectivity index (χ4v) is 9.62. The molecule has 0 saturated carbocycles. The number of guanidine groups is 1. The van der Waals surface area contributed by atoms with Gasteiger partial charge in [0.2, 0.25) is 70.9 Å². The highest BCUT2D eigenvalue weighted by Crippen LogP contribution is 2.15. The number of aliphatic hydroxyl groups excluding tert-OH is 3. The molecule has 12 amide bonds. The van der Waals surface area contributed by atoms with E-state index in [1.165, 1.54) is 89.5 Å². The number of hydrogen-bond donors (Lipinski definition) is 23. The number of phenols is 1. The zero-order valence-electron chi connectivity index (χ0n) is 55.6. The number of nitrogens with zero attached hydrogens (tertiary/aromatic N) is 4. The number of nitrogens with two attached hydrogens (primary N) is 4. The molecule has 100 heavy (non-hydrogen) atoms. The van der Waals surface area contributed by atoms with Crippen LogP contribution in [0.3, 0.4) is 0 Å². The van der Waals surface area contributed by atoms with Gasteiger partial charge in [-0.05, 0) is 70.6 Å². The Morgan fingerprint density at radius 2 is 0.830 bits per heavy atom. The number of imidazole rings is 3. The average molecular weight is 1410 g/mol. The molecule has 14 atom stereocenters. The van der Waals surface area contributed by atoms with Crippen molar-refractivity contribution < 1.29 is 87.9 Å². The number of amides is 12. The molecule has 1 aromatic carbocycles. The van der Waals surface area contributed by atoms with Crippen LogP contribution in [0.2, 0.25) is 0 Å². The highest BCUT2D eigenvalue weighted by molar-refractivity contribution is 6.00. The van der Waals surface area contributed by atoms with E-state index < -0.39 is 187 Å². The van der Waals surface area contributed by atoms with Crippen LogP contribution in [0.1, 0.15) is 89.9 Å². The van der Waals surface area contributed by atoms with Gasteiger partial charge in [0.15, 0.2) is 12.0 Å². The van der Waals surface area contributed by atoms with Crippen molar-refractivity contribution in [3.8, 4) is 5.75 Å². The van der Waals surface area contributed by atoms with E-state index in [1.807, 2.05) is 5.32 Å². The second-order valence-electron chi connectivity index (χ2n) is 23.8. The number of carbonyl (C=O) groups excluding carboxylic acids is 12. The first-order chi connectivity index (χ1) is 47.2. The third-order valence-corrected chi connectivity index (χ3v) is 15.1. The fraction of sp³-hybridized carbons (Fsp3) is 0.517. The molecular formula is C60H90N22O18. The minimum atomic E-state index is -1.90. The maximum atomic E-state index is 14.8. The first kappa shape index (κ1) is 81.3. The predicted molar refractivity (Wildman–Crippen MR) is 351 cm³/mol. The molecule has 0 aliphatic carbocycles. The van der Waals surface area contributed by atoms with E-state index in [0.29, 0.717) is 22.6 Å². The highest BCUT2D eigenvalue weighted by Gasteiger charge is 2.39. The quantitative estimate of drug-likeness (QED) is 0.0111. The number of hydrogen-bond acceptors (Lipinski definition) is 22. The molecule has 0 saturated heterocycles. The van der Waals surface area contributed by atoms with Crippen LogP contribution in [-0.2, 0) is 88.0 Å². The summed E-state index contributed by atoms with van der Waals surface area (Å²) in [7, 11) is 0. The second kappa shape index (κ2) is 39.9. The van der Waals surface area contributed by atoms with Gasteiger partial charge in [0.25, 0.3) is 0 Å². The number of carboxylic acids is 1. The number of aromatic nitrogens is 6. The number of aliphatic imine (C=N–C) groups is 1. The number of rotatable bonds is 42. The normalized spacial score (nSPS) is 15.3. The molecule has 548 valence electrons. The summed E-state index contributed by atoms with van der Waals surface area (Å²) in [6.45, 7) is 7.05. The van der Waals surface area contributed by atoms with Crippen molar-refractivity contribution in [1.29, 1.82) is 0 Å². The average Bonchev–Trinajstić information content (AvgIpc) is 1.03. The monoisotopic (exact) mass is 1410 g/mol. The van der Waals surface area contributed by atoms with E-state index >= 15 is 0 Å². The van der Waals surface area contributed by atoms with Gasteiger partial charge < -0.3 is 122 Å². The second-order valence-corrected chi connectivity index (χ2v) is 23.8. The summed E-state index contributed by atoms with van der Waals surface area (Å²) in [6.07, 6.45) is 0.621. The Morgan fingerprint density at radius 1 is 0.460 bits per heavy atom. The number of aromatic hydroxyl groups is 1. The number of benzene rings is 1. The minimum absolute atomic E-state index is 0.00174. The first-order valence-corrected chi connectivity index (χ1v) is 31.5. The molecule has 0 aliphatic heterocycles. The maximum Gasteiger partial charge on any atom is 0.328 e. The topological polar surface area (TPSA) is 658 Å². The summed E-state index contributed by atoms with van der Waals surface area (Å²) >= 11 is 0. The Balaban J connectivity index is 1.59. The molecular weight excluding hydrogens is 1320 g/mol. The minimum Gasteiger partial charge on any atom is -0.508 e. The molecule has 0 spiro atoms. The number of aliphatic carboxylic acids is 1. The van der Waals surface area contributed by atoms with Gasteiger partial charge in [-0.15, -0.1) is 0 Å². The van der Waals surface area contributed by atoms with Crippen LogP contribution in [0.15, 0.2) is 66.8 Å². The van der Waals surface area contributed by atoms with Crippen molar-refractivity contribution >= 4 is 82.8 Å². The molecule has 4 aromatic rings. The van der Waals surface area contributed by atoms with E-state index in [0.717, 1.165) is 13.8 Å². The SMILES string of the molecule is CC(C)[C@H](NC(=O)[C@H](C)NC(=O)[C@H](Cc1cnc[nH]1)NC(=O)[C@H](Cc1ccc(O)cc1)NC(=O)[C@H](Cc1cnc[nH]1)NC(=O)[C@@H](NC(=O)[C@H](Cc1cnc[nH]1)NC(=O)CN)[C@@H](C)O)C(=O)N[C@@H](CCCN=C(N)N)C(=O)N[C@H](C(=O)N[C@@H](CCC(N)=O)C(=O)N[C@H](C(=O)O)[C@@H](C)O)[C@@H](C)O. The number of primary amides is 1. The van der Waals surface area contributed by atoms with Gasteiger partial charge >= 0.3 is 5.97 Å². The smallest absolute Gasteiger partial charge is 0.328 e. The van der Waals surface area contributed by atoms with Gasteiger partial charge in [0, 0.05) is 74.3 Å². The summed E-state index contributed by atoms with van der Waals surface area (Å²) in [5, 5.41) is 78.0.